The van der Waals surface area contributed by atoms with Crippen LogP contribution < -0.4 is 5.32 Å². The number of alkyl halides is 1. The van der Waals surface area contributed by atoms with Crippen LogP contribution in [-0.4, -0.2) is 45.4 Å². The van der Waals surface area contributed by atoms with Crippen molar-refractivity contribution in [2.75, 3.05) is 33.9 Å². The number of nitrogens with one attached hydrogen (secondary N) is 1. The van der Waals surface area contributed by atoms with Crippen LogP contribution >= 0.6 is 11.6 Å². The molecule has 4 heteroatoms. The largest absolute Gasteiger partial charge is 0.383 e. The van der Waals surface area contributed by atoms with Crippen LogP contribution in [0.1, 0.15) is 6.92 Å². The zero-order valence-corrected chi connectivity index (χ0v) is 8.73. The van der Waals surface area contributed by atoms with Crippen molar-refractivity contribution in [1.29, 1.82) is 0 Å². The Labute approximate surface area is 79.4 Å². The monoisotopic (exact) mass is 195 g/mol. The molecule has 74 valence electrons. The second-order valence-corrected chi connectivity index (χ2v) is 3.37. The van der Waals surface area contributed by atoms with Gasteiger partial charge >= 0.3 is 0 Å². The average molecular weight is 196 g/mol. The molecule has 2 unspecified atom stereocenters. The Morgan fingerprint density at radius 3 is 2.50 bits per heavy atom. The van der Waals surface area contributed by atoms with E-state index in [-0.39, 0.29) is 11.5 Å². The fraction of sp³-hybridized carbons (Fsp3) is 1.00. The molecule has 0 fully saturated rings. The Kier molecular flexibility index (Phi) is 7.91. The van der Waals surface area contributed by atoms with Gasteiger partial charge in [-0.3, -0.25) is 0 Å². The van der Waals surface area contributed by atoms with Gasteiger partial charge in [0.15, 0.2) is 0 Å². The summed E-state index contributed by atoms with van der Waals surface area (Å²) in [6, 6.07) is 0. The van der Waals surface area contributed by atoms with E-state index in [1.807, 2.05) is 6.92 Å². The minimum atomic E-state index is 0.0408. The normalized spacial score (nSPS) is 16.0. The van der Waals surface area contributed by atoms with E-state index in [1.54, 1.807) is 14.2 Å². The van der Waals surface area contributed by atoms with Crippen LogP contribution in [0.15, 0.2) is 0 Å². The maximum absolute atomic E-state index is 5.88. The van der Waals surface area contributed by atoms with Gasteiger partial charge in [-0.25, -0.2) is 0 Å². The zero-order chi connectivity index (χ0) is 9.40. The van der Waals surface area contributed by atoms with E-state index in [2.05, 4.69) is 5.32 Å². The van der Waals surface area contributed by atoms with Crippen molar-refractivity contribution in [3.8, 4) is 0 Å². The van der Waals surface area contributed by atoms with Crippen LogP contribution in [0, 0.1) is 0 Å². The minimum absolute atomic E-state index is 0.0408. The molecule has 0 spiro atoms. The SMILES string of the molecule is COCC(Cl)CNCC(C)OC. The maximum atomic E-state index is 5.88. The third kappa shape index (κ3) is 6.85. The summed E-state index contributed by atoms with van der Waals surface area (Å²) in [5.41, 5.74) is 0. The highest BCUT2D eigenvalue weighted by molar-refractivity contribution is 6.20. The van der Waals surface area contributed by atoms with E-state index in [9.17, 15) is 0 Å². The molecule has 3 nitrogen and oxygen atoms in total. The molecule has 0 saturated heterocycles. The van der Waals surface area contributed by atoms with Crippen LogP contribution in [0.3, 0.4) is 0 Å². The summed E-state index contributed by atoms with van der Waals surface area (Å²) >= 11 is 5.88. The van der Waals surface area contributed by atoms with E-state index in [0.717, 1.165) is 13.1 Å². The number of hydrogen-bond donors (Lipinski definition) is 1. The first-order valence-corrected chi connectivity index (χ1v) is 4.50. The Morgan fingerprint density at radius 2 is 2.00 bits per heavy atom. The van der Waals surface area contributed by atoms with Gasteiger partial charge in [-0.1, -0.05) is 0 Å². The lowest BCUT2D eigenvalue weighted by atomic mass is 10.3. The van der Waals surface area contributed by atoms with Crippen LogP contribution in [0.4, 0.5) is 0 Å². The molecule has 0 bridgehead atoms. The van der Waals surface area contributed by atoms with E-state index >= 15 is 0 Å². The predicted molar refractivity (Wildman–Crippen MR) is 50.9 cm³/mol. The van der Waals surface area contributed by atoms with E-state index in [1.165, 1.54) is 0 Å². The number of methoxy groups -OCH3 is 2. The summed E-state index contributed by atoms with van der Waals surface area (Å²) in [5.74, 6) is 0. The molecule has 12 heavy (non-hydrogen) atoms. The molecular weight excluding hydrogens is 178 g/mol. The van der Waals surface area contributed by atoms with Gasteiger partial charge in [0.1, 0.15) is 0 Å². The molecule has 1 N–H and O–H groups in total. The summed E-state index contributed by atoms with van der Waals surface area (Å²) in [6.07, 6.45) is 0.233. The van der Waals surface area contributed by atoms with Crippen LogP contribution in [0.2, 0.25) is 0 Å². The molecule has 0 aromatic rings. The summed E-state index contributed by atoms with van der Waals surface area (Å²) in [7, 11) is 3.34. The molecule has 0 aromatic heterocycles. The standard InChI is InChI=1S/C8H18ClNO2/c1-7(12-3)4-10-5-8(9)6-11-2/h7-8,10H,4-6H2,1-3H3. The Bertz CT molecular complexity index is 103. The van der Waals surface area contributed by atoms with Crippen LogP contribution in [0.25, 0.3) is 0 Å². The fourth-order valence-electron chi connectivity index (χ4n) is 0.766. The molecule has 0 aliphatic rings. The summed E-state index contributed by atoms with van der Waals surface area (Å²) < 4.78 is 9.94. The van der Waals surface area contributed by atoms with Crippen molar-refractivity contribution in [2.45, 2.75) is 18.4 Å². The minimum Gasteiger partial charge on any atom is -0.383 e. The number of hydrogen-bond acceptors (Lipinski definition) is 3. The van der Waals surface area contributed by atoms with Gasteiger partial charge in [-0.2, -0.15) is 0 Å². The highest BCUT2D eigenvalue weighted by Crippen LogP contribution is 1.94. The average Bonchev–Trinajstić information content (AvgIpc) is 2.04. The molecule has 0 amide bonds. The lowest BCUT2D eigenvalue weighted by Gasteiger charge is -2.13. The lowest BCUT2D eigenvalue weighted by Crippen LogP contribution is -2.32. The Hall–Kier alpha value is 0.170. The molecule has 0 saturated carbocycles. The maximum Gasteiger partial charge on any atom is 0.0693 e. The van der Waals surface area contributed by atoms with Gasteiger partial charge in [-0.05, 0) is 6.92 Å². The smallest absolute Gasteiger partial charge is 0.0693 e. The Morgan fingerprint density at radius 1 is 1.33 bits per heavy atom. The van der Waals surface area contributed by atoms with Crippen LogP contribution in [0.5, 0.6) is 0 Å². The summed E-state index contributed by atoms with van der Waals surface area (Å²) in [4.78, 5) is 0. The zero-order valence-electron chi connectivity index (χ0n) is 7.97. The van der Waals surface area contributed by atoms with Crippen molar-refractivity contribution in [3.63, 3.8) is 0 Å². The highest BCUT2D eigenvalue weighted by Gasteiger charge is 2.04. The second-order valence-electron chi connectivity index (χ2n) is 2.76. The summed E-state index contributed by atoms with van der Waals surface area (Å²) in [5, 5.41) is 3.22. The van der Waals surface area contributed by atoms with Crippen molar-refractivity contribution < 1.29 is 9.47 Å². The molecule has 0 aliphatic carbocycles. The summed E-state index contributed by atoms with van der Waals surface area (Å²) in [6.45, 7) is 4.16. The van der Waals surface area contributed by atoms with Crippen molar-refractivity contribution in [3.05, 3.63) is 0 Å². The Balaban J connectivity index is 3.18. The third-order valence-electron chi connectivity index (χ3n) is 1.55. The fourth-order valence-corrected chi connectivity index (χ4v) is 1.00. The highest BCUT2D eigenvalue weighted by atomic mass is 35.5. The molecule has 0 rings (SSSR count). The number of ether oxygens (including phenoxy) is 2. The first-order chi connectivity index (χ1) is 5.70. The molecule has 0 radical (unpaired) electrons. The van der Waals surface area contributed by atoms with Crippen LogP contribution in [-0.2, 0) is 9.47 Å². The lowest BCUT2D eigenvalue weighted by molar-refractivity contribution is 0.116. The van der Waals surface area contributed by atoms with E-state index < -0.39 is 0 Å². The molecule has 0 aliphatic heterocycles. The second kappa shape index (κ2) is 7.80. The molecule has 0 heterocycles. The van der Waals surface area contributed by atoms with Crippen molar-refractivity contribution in [1.82, 2.24) is 5.32 Å². The van der Waals surface area contributed by atoms with Gasteiger partial charge in [0.25, 0.3) is 0 Å². The predicted octanol–water partition coefficient (Wildman–Crippen LogP) is 0.865. The molecule has 0 aromatic carbocycles. The van der Waals surface area contributed by atoms with Gasteiger partial charge in [0.2, 0.25) is 0 Å². The number of halogens is 1. The van der Waals surface area contributed by atoms with E-state index in [4.69, 9.17) is 21.1 Å². The molecular formula is C8H18ClNO2. The van der Waals surface area contributed by atoms with Gasteiger partial charge < -0.3 is 14.8 Å². The van der Waals surface area contributed by atoms with Crippen molar-refractivity contribution >= 4 is 11.6 Å². The quantitative estimate of drug-likeness (QED) is 0.612. The topological polar surface area (TPSA) is 30.5 Å². The number of rotatable bonds is 7. The molecule has 2 atom stereocenters. The first kappa shape index (κ1) is 12.2. The van der Waals surface area contributed by atoms with Gasteiger partial charge in [0, 0.05) is 27.3 Å². The van der Waals surface area contributed by atoms with E-state index in [0.29, 0.717) is 6.61 Å². The van der Waals surface area contributed by atoms with Crippen molar-refractivity contribution in [2.24, 2.45) is 0 Å². The van der Waals surface area contributed by atoms with Gasteiger partial charge in [0.05, 0.1) is 18.1 Å². The first-order valence-electron chi connectivity index (χ1n) is 4.07. The van der Waals surface area contributed by atoms with Gasteiger partial charge in [-0.15, -0.1) is 11.6 Å². The third-order valence-corrected chi connectivity index (χ3v) is 1.83.